The van der Waals surface area contributed by atoms with Crippen molar-refractivity contribution >= 4 is 32.7 Å². The highest BCUT2D eigenvalue weighted by Gasteiger charge is 2.12. The first-order chi connectivity index (χ1) is 16.3. The van der Waals surface area contributed by atoms with Crippen molar-refractivity contribution in [3.63, 3.8) is 0 Å². The lowest BCUT2D eigenvalue weighted by Gasteiger charge is -2.14. The number of aryl methyl sites for hydroxylation is 2. The molecule has 176 valence electrons. The SMILES string of the molecule is Cc1cccc(OCCSc2nc3ccccc3c(=O)n2CCc2ccc(S(N)(=O)=O)cc2)c1. The number of primary sulfonamides is 1. The van der Waals surface area contributed by atoms with Gasteiger partial charge in [0.05, 0.1) is 22.4 Å². The van der Waals surface area contributed by atoms with Crippen LogP contribution >= 0.6 is 11.8 Å². The van der Waals surface area contributed by atoms with Gasteiger partial charge in [0.25, 0.3) is 5.56 Å². The second kappa shape index (κ2) is 10.4. The van der Waals surface area contributed by atoms with E-state index in [0.29, 0.717) is 41.4 Å². The first-order valence-corrected chi connectivity index (χ1v) is 13.3. The Kier molecular flexibility index (Phi) is 7.35. The van der Waals surface area contributed by atoms with Crippen molar-refractivity contribution in [2.24, 2.45) is 5.14 Å². The molecule has 9 heteroatoms. The van der Waals surface area contributed by atoms with E-state index in [1.54, 1.807) is 22.8 Å². The van der Waals surface area contributed by atoms with E-state index in [-0.39, 0.29) is 10.5 Å². The van der Waals surface area contributed by atoms with Crippen LogP contribution in [0.3, 0.4) is 0 Å². The predicted molar refractivity (Wildman–Crippen MR) is 135 cm³/mol. The van der Waals surface area contributed by atoms with Gasteiger partial charge < -0.3 is 4.74 Å². The van der Waals surface area contributed by atoms with Gasteiger partial charge in [-0.05, 0) is 60.9 Å². The molecule has 7 nitrogen and oxygen atoms in total. The number of para-hydroxylation sites is 1. The summed E-state index contributed by atoms with van der Waals surface area (Å²) >= 11 is 1.47. The van der Waals surface area contributed by atoms with Crippen LogP contribution in [0.25, 0.3) is 10.9 Å². The number of rotatable bonds is 9. The molecule has 34 heavy (non-hydrogen) atoms. The van der Waals surface area contributed by atoms with E-state index < -0.39 is 10.0 Å². The zero-order chi connectivity index (χ0) is 24.1. The van der Waals surface area contributed by atoms with E-state index in [1.807, 2.05) is 49.4 Å². The molecule has 0 bridgehead atoms. The van der Waals surface area contributed by atoms with E-state index in [2.05, 4.69) is 0 Å². The number of fused-ring (bicyclic) bond motifs is 1. The van der Waals surface area contributed by atoms with E-state index >= 15 is 0 Å². The first kappa shape index (κ1) is 24.0. The van der Waals surface area contributed by atoms with Crippen molar-refractivity contribution in [2.45, 2.75) is 29.9 Å². The minimum Gasteiger partial charge on any atom is -0.493 e. The van der Waals surface area contributed by atoms with Gasteiger partial charge in [-0.25, -0.2) is 18.5 Å². The number of hydrogen-bond donors (Lipinski definition) is 1. The molecular weight excluding hydrogens is 470 g/mol. The number of nitrogens with two attached hydrogens (primary N) is 1. The topological polar surface area (TPSA) is 104 Å². The zero-order valence-electron chi connectivity index (χ0n) is 18.7. The van der Waals surface area contributed by atoms with E-state index in [4.69, 9.17) is 14.9 Å². The highest BCUT2D eigenvalue weighted by molar-refractivity contribution is 7.99. The van der Waals surface area contributed by atoms with Gasteiger partial charge in [0, 0.05) is 12.3 Å². The van der Waals surface area contributed by atoms with Crippen LogP contribution in [-0.4, -0.2) is 30.3 Å². The third-order valence-corrected chi connectivity index (χ3v) is 7.15. The van der Waals surface area contributed by atoms with Crippen molar-refractivity contribution in [2.75, 3.05) is 12.4 Å². The number of ether oxygens (including phenoxy) is 1. The fourth-order valence-electron chi connectivity index (χ4n) is 3.54. The smallest absolute Gasteiger partial charge is 0.262 e. The molecule has 1 aromatic heterocycles. The van der Waals surface area contributed by atoms with Crippen LogP contribution in [0.2, 0.25) is 0 Å². The van der Waals surface area contributed by atoms with Crippen molar-refractivity contribution in [1.82, 2.24) is 9.55 Å². The molecule has 0 amide bonds. The maximum absolute atomic E-state index is 13.2. The minimum absolute atomic E-state index is 0.0608. The van der Waals surface area contributed by atoms with Crippen LogP contribution in [0.4, 0.5) is 0 Å². The lowest BCUT2D eigenvalue weighted by molar-refractivity contribution is 0.343. The van der Waals surface area contributed by atoms with Crippen molar-refractivity contribution in [1.29, 1.82) is 0 Å². The summed E-state index contributed by atoms with van der Waals surface area (Å²) < 4.78 is 30.5. The summed E-state index contributed by atoms with van der Waals surface area (Å²) in [5, 5.41) is 6.36. The molecule has 0 radical (unpaired) electrons. The van der Waals surface area contributed by atoms with Crippen molar-refractivity contribution in [3.8, 4) is 5.75 Å². The highest BCUT2D eigenvalue weighted by Crippen LogP contribution is 2.20. The van der Waals surface area contributed by atoms with Gasteiger partial charge in [-0.3, -0.25) is 9.36 Å². The van der Waals surface area contributed by atoms with Crippen LogP contribution in [0.1, 0.15) is 11.1 Å². The Morgan fingerprint density at radius 1 is 1.03 bits per heavy atom. The molecule has 0 unspecified atom stereocenters. The number of benzene rings is 3. The number of thioether (sulfide) groups is 1. The Labute approximate surface area is 202 Å². The van der Waals surface area contributed by atoms with Crippen LogP contribution in [-0.2, 0) is 23.0 Å². The quantitative estimate of drug-likeness (QED) is 0.215. The standard InChI is InChI=1S/C25H25N3O4S2/c1-18-5-4-6-20(17-18)32-15-16-33-25-27-23-8-3-2-7-22(23)24(29)28(25)14-13-19-9-11-21(12-10-19)34(26,30)31/h2-12,17H,13-16H2,1H3,(H2,26,30,31). The van der Waals surface area contributed by atoms with Gasteiger partial charge in [-0.1, -0.05) is 48.2 Å². The Balaban J connectivity index is 1.51. The van der Waals surface area contributed by atoms with E-state index in [1.165, 1.54) is 23.9 Å². The number of sulfonamides is 1. The summed E-state index contributed by atoms with van der Waals surface area (Å²) in [5.74, 6) is 1.44. The van der Waals surface area contributed by atoms with Gasteiger partial charge in [0.15, 0.2) is 5.16 Å². The molecule has 0 aliphatic carbocycles. The second-order valence-corrected chi connectivity index (χ2v) is 10.4. The van der Waals surface area contributed by atoms with Gasteiger partial charge in [-0.2, -0.15) is 0 Å². The maximum atomic E-state index is 13.2. The average molecular weight is 496 g/mol. The molecule has 0 saturated heterocycles. The van der Waals surface area contributed by atoms with Crippen LogP contribution < -0.4 is 15.4 Å². The van der Waals surface area contributed by atoms with Gasteiger partial charge >= 0.3 is 0 Å². The molecule has 0 aliphatic rings. The Bertz CT molecular complexity index is 1470. The predicted octanol–water partition coefficient (Wildman–Crippen LogP) is 3.77. The van der Waals surface area contributed by atoms with E-state index in [9.17, 15) is 13.2 Å². The van der Waals surface area contributed by atoms with Gasteiger partial charge in [0.2, 0.25) is 10.0 Å². The molecule has 0 aliphatic heterocycles. The molecule has 1 heterocycles. The molecule has 0 atom stereocenters. The maximum Gasteiger partial charge on any atom is 0.262 e. The number of nitrogens with zero attached hydrogens (tertiary/aromatic N) is 2. The van der Waals surface area contributed by atoms with Gasteiger partial charge in [0.1, 0.15) is 5.75 Å². The summed E-state index contributed by atoms with van der Waals surface area (Å²) in [6, 6.07) is 21.5. The summed E-state index contributed by atoms with van der Waals surface area (Å²) in [4.78, 5) is 18.0. The third-order valence-electron chi connectivity index (χ3n) is 5.28. The monoisotopic (exact) mass is 495 g/mol. The molecular formula is C25H25N3O4S2. The lowest BCUT2D eigenvalue weighted by atomic mass is 10.1. The summed E-state index contributed by atoms with van der Waals surface area (Å²) in [5.41, 5.74) is 2.58. The molecule has 0 spiro atoms. The van der Waals surface area contributed by atoms with Gasteiger partial charge in [-0.15, -0.1) is 0 Å². The Hall–Kier alpha value is -3.14. The fourth-order valence-corrected chi connectivity index (χ4v) is 4.90. The minimum atomic E-state index is -3.74. The first-order valence-electron chi connectivity index (χ1n) is 10.7. The van der Waals surface area contributed by atoms with Crippen LogP contribution in [0.15, 0.2) is 87.6 Å². The Morgan fingerprint density at radius 2 is 1.79 bits per heavy atom. The van der Waals surface area contributed by atoms with Crippen molar-refractivity contribution in [3.05, 3.63) is 94.3 Å². The largest absolute Gasteiger partial charge is 0.493 e. The van der Waals surface area contributed by atoms with E-state index in [0.717, 1.165) is 16.9 Å². The second-order valence-electron chi connectivity index (χ2n) is 7.82. The number of aromatic nitrogens is 2. The molecule has 2 N–H and O–H groups in total. The van der Waals surface area contributed by atoms with Crippen LogP contribution in [0.5, 0.6) is 5.75 Å². The summed E-state index contributed by atoms with van der Waals surface area (Å²) in [6.07, 6.45) is 0.540. The molecule has 4 rings (SSSR count). The zero-order valence-corrected chi connectivity index (χ0v) is 20.3. The van der Waals surface area contributed by atoms with Crippen molar-refractivity contribution < 1.29 is 13.2 Å². The molecule has 4 aromatic rings. The normalized spacial score (nSPS) is 11.6. The summed E-state index contributed by atoms with van der Waals surface area (Å²) in [7, 11) is -3.74. The highest BCUT2D eigenvalue weighted by atomic mass is 32.2. The lowest BCUT2D eigenvalue weighted by Crippen LogP contribution is -2.24. The summed E-state index contributed by atoms with van der Waals surface area (Å²) in [6.45, 7) is 2.90. The number of hydrogen-bond acceptors (Lipinski definition) is 6. The van der Waals surface area contributed by atoms with Crippen LogP contribution in [0, 0.1) is 6.92 Å². The molecule has 3 aromatic carbocycles. The Morgan fingerprint density at radius 3 is 2.53 bits per heavy atom. The third kappa shape index (κ3) is 5.85. The average Bonchev–Trinajstić information content (AvgIpc) is 2.81. The fraction of sp³-hybridized carbons (Fsp3) is 0.200. The molecule has 0 fully saturated rings. The molecule has 0 saturated carbocycles.